The number of halogens is 1. The quantitative estimate of drug-likeness (QED) is 0.302. The highest BCUT2D eigenvalue weighted by molar-refractivity contribution is 8.18. The van der Waals surface area contributed by atoms with Crippen LogP contribution < -0.4 is 14.8 Å². The zero-order chi connectivity index (χ0) is 27.2. The van der Waals surface area contributed by atoms with Crippen LogP contribution in [0.15, 0.2) is 65.6 Å². The first kappa shape index (κ1) is 27.3. The lowest BCUT2D eigenvalue weighted by atomic mass is 10.1. The minimum atomic E-state index is -0.365. The van der Waals surface area contributed by atoms with Crippen molar-refractivity contribution < 1.29 is 23.9 Å². The molecule has 1 fully saturated rings. The van der Waals surface area contributed by atoms with Gasteiger partial charge < -0.3 is 14.8 Å². The van der Waals surface area contributed by atoms with Gasteiger partial charge in [0.2, 0.25) is 0 Å². The van der Waals surface area contributed by atoms with Crippen molar-refractivity contribution in [3.63, 3.8) is 0 Å². The number of imide groups is 1. The van der Waals surface area contributed by atoms with Crippen molar-refractivity contribution >= 4 is 52.2 Å². The van der Waals surface area contributed by atoms with Gasteiger partial charge in [0.05, 0.1) is 18.1 Å². The predicted octanol–water partition coefficient (Wildman–Crippen LogP) is 6.61. The molecule has 0 bridgehead atoms. The van der Waals surface area contributed by atoms with Gasteiger partial charge in [-0.1, -0.05) is 47.5 Å². The van der Waals surface area contributed by atoms with Gasteiger partial charge in [0.1, 0.15) is 0 Å². The van der Waals surface area contributed by atoms with Crippen molar-refractivity contribution in [2.75, 3.05) is 18.5 Å². The molecule has 3 aromatic carbocycles. The van der Waals surface area contributed by atoms with E-state index in [4.69, 9.17) is 21.1 Å². The van der Waals surface area contributed by atoms with E-state index < -0.39 is 0 Å². The van der Waals surface area contributed by atoms with Gasteiger partial charge in [-0.05, 0) is 85.6 Å². The van der Waals surface area contributed by atoms with E-state index in [1.54, 1.807) is 48.5 Å². The summed E-state index contributed by atoms with van der Waals surface area (Å²) in [5.74, 6) is 0.172. The Kier molecular flexibility index (Phi) is 8.76. The molecule has 7 nitrogen and oxygen atoms in total. The maximum absolute atomic E-state index is 12.9. The van der Waals surface area contributed by atoms with Crippen molar-refractivity contribution in [1.29, 1.82) is 0 Å². The molecule has 1 N–H and O–H groups in total. The summed E-state index contributed by atoms with van der Waals surface area (Å²) in [6, 6.07) is 17.9. The van der Waals surface area contributed by atoms with Gasteiger partial charge in [-0.3, -0.25) is 19.3 Å². The van der Waals surface area contributed by atoms with Crippen LogP contribution in [0.2, 0.25) is 5.02 Å². The predicted molar refractivity (Wildman–Crippen MR) is 151 cm³/mol. The zero-order valence-corrected chi connectivity index (χ0v) is 22.8. The van der Waals surface area contributed by atoms with Crippen molar-refractivity contribution in [3.05, 3.63) is 92.8 Å². The number of benzene rings is 3. The molecule has 9 heteroatoms. The maximum atomic E-state index is 12.9. The van der Waals surface area contributed by atoms with Crippen molar-refractivity contribution in [1.82, 2.24) is 4.90 Å². The molecule has 0 spiro atoms. The van der Waals surface area contributed by atoms with Crippen LogP contribution in [0.4, 0.5) is 10.5 Å². The number of hydrogen-bond acceptors (Lipinski definition) is 6. The average molecular weight is 551 g/mol. The Labute approximate surface area is 230 Å². The van der Waals surface area contributed by atoms with Gasteiger partial charge >= 0.3 is 0 Å². The number of carbonyl (C=O) groups is 3. The summed E-state index contributed by atoms with van der Waals surface area (Å²) >= 11 is 6.81. The van der Waals surface area contributed by atoms with Crippen LogP contribution in [-0.4, -0.2) is 35.2 Å². The number of aryl methyl sites for hydroxylation is 2. The summed E-state index contributed by atoms with van der Waals surface area (Å²) in [7, 11) is 0. The molecule has 196 valence electrons. The number of nitrogens with zero attached hydrogens (tertiary/aromatic N) is 1. The fraction of sp³-hybridized carbons (Fsp3) is 0.207. The zero-order valence-electron chi connectivity index (χ0n) is 21.2. The molecule has 0 radical (unpaired) electrons. The van der Waals surface area contributed by atoms with Crippen LogP contribution in [0.25, 0.3) is 6.08 Å². The Balaban J connectivity index is 1.44. The Hall–Kier alpha value is -3.75. The Morgan fingerprint density at radius 2 is 1.76 bits per heavy atom. The highest BCUT2D eigenvalue weighted by Crippen LogP contribution is 2.35. The number of nitrogens with one attached hydrogen (secondary N) is 1. The summed E-state index contributed by atoms with van der Waals surface area (Å²) in [4.78, 5) is 39.4. The lowest BCUT2D eigenvalue weighted by molar-refractivity contribution is -0.123. The average Bonchev–Trinajstić information content (AvgIpc) is 3.14. The second-order valence-electron chi connectivity index (χ2n) is 8.69. The number of hydrogen-bond donors (Lipinski definition) is 1. The third kappa shape index (κ3) is 6.76. The molecule has 1 saturated heterocycles. The van der Waals surface area contributed by atoms with Crippen LogP contribution >= 0.6 is 23.4 Å². The Bertz CT molecular complexity index is 1400. The monoisotopic (exact) mass is 550 g/mol. The van der Waals surface area contributed by atoms with Crippen molar-refractivity contribution in [2.45, 2.75) is 27.3 Å². The molecule has 0 saturated carbocycles. The van der Waals surface area contributed by atoms with E-state index in [2.05, 4.69) is 5.32 Å². The first-order chi connectivity index (χ1) is 18.2. The van der Waals surface area contributed by atoms with E-state index >= 15 is 0 Å². The smallest absolute Gasteiger partial charge is 0.293 e. The SMILES string of the molecule is CCOc1cc(/C=C2\SC(=O)N(Cc3ccc(Cl)cc3)C2=O)ccc1OCC(=O)Nc1ccc(C)cc1C. The maximum Gasteiger partial charge on any atom is 0.293 e. The second kappa shape index (κ2) is 12.2. The molecule has 0 aromatic heterocycles. The molecule has 38 heavy (non-hydrogen) atoms. The molecule has 3 aromatic rings. The van der Waals surface area contributed by atoms with Crippen molar-refractivity contribution in [2.24, 2.45) is 0 Å². The molecular formula is C29H27ClN2O5S. The number of thioether (sulfide) groups is 1. The van der Waals surface area contributed by atoms with Crippen molar-refractivity contribution in [3.8, 4) is 11.5 Å². The second-order valence-corrected chi connectivity index (χ2v) is 10.1. The van der Waals surface area contributed by atoms with Crippen LogP contribution in [0.3, 0.4) is 0 Å². The number of ether oxygens (including phenoxy) is 2. The fourth-order valence-electron chi connectivity index (χ4n) is 3.85. The number of carbonyl (C=O) groups excluding carboxylic acids is 3. The van der Waals surface area contributed by atoms with Gasteiger partial charge in [0, 0.05) is 10.7 Å². The summed E-state index contributed by atoms with van der Waals surface area (Å²) in [6.45, 7) is 6.11. The summed E-state index contributed by atoms with van der Waals surface area (Å²) in [5.41, 5.74) is 4.28. The lowest BCUT2D eigenvalue weighted by Gasteiger charge is -2.14. The molecule has 0 atom stereocenters. The minimum absolute atomic E-state index is 0.167. The third-order valence-corrected chi connectivity index (χ3v) is 6.87. The first-order valence-electron chi connectivity index (χ1n) is 12.0. The minimum Gasteiger partial charge on any atom is -0.490 e. The van der Waals surface area contributed by atoms with Crippen LogP contribution in [-0.2, 0) is 16.1 Å². The lowest BCUT2D eigenvalue weighted by Crippen LogP contribution is -2.27. The molecule has 1 heterocycles. The highest BCUT2D eigenvalue weighted by Gasteiger charge is 2.35. The fourth-order valence-corrected chi connectivity index (χ4v) is 4.81. The number of amides is 3. The summed E-state index contributed by atoms with van der Waals surface area (Å²) < 4.78 is 11.5. The molecule has 1 aliphatic rings. The van der Waals surface area contributed by atoms with Gasteiger partial charge in [0.25, 0.3) is 17.1 Å². The topological polar surface area (TPSA) is 84.9 Å². The normalized spacial score (nSPS) is 14.2. The van der Waals surface area contributed by atoms with Gasteiger partial charge in [-0.2, -0.15) is 0 Å². The van der Waals surface area contributed by atoms with Crippen LogP contribution in [0.1, 0.15) is 29.2 Å². The van der Waals surface area contributed by atoms with Crippen LogP contribution in [0.5, 0.6) is 11.5 Å². The van der Waals surface area contributed by atoms with Gasteiger partial charge in [-0.15, -0.1) is 0 Å². The molecule has 3 amide bonds. The largest absolute Gasteiger partial charge is 0.490 e. The van der Waals surface area contributed by atoms with Gasteiger partial charge in [0.15, 0.2) is 18.1 Å². The Morgan fingerprint density at radius 3 is 2.47 bits per heavy atom. The van der Waals surface area contributed by atoms with Gasteiger partial charge in [-0.25, -0.2) is 0 Å². The summed E-state index contributed by atoms with van der Waals surface area (Å²) in [5, 5.41) is 3.10. The van der Waals surface area contributed by atoms with E-state index in [9.17, 15) is 14.4 Å². The number of anilines is 1. The van der Waals surface area contributed by atoms with Crippen LogP contribution in [0, 0.1) is 13.8 Å². The third-order valence-electron chi connectivity index (χ3n) is 5.71. The van der Waals surface area contributed by atoms with E-state index in [0.717, 1.165) is 34.1 Å². The highest BCUT2D eigenvalue weighted by atomic mass is 35.5. The van der Waals surface area contributed by atoms with E-state index in [1.807, 2.05) is 39.0 Å². The molecule has 4 rings (SSSR count). The molecular weight excluding hydrogens is 524 g/mol. The molecule has 0 unspecified atom stereocenters. The van der Waals surface area contributed by atoms with E-state index in [1.165, 1.54) is 4.90 Å². The first-order valence-corrected chi connectivity index (χ1v) is 13.2. The molecule has 1 aliphatic heterocycles. The van der Waals surface area contributed by atoms with E-state index in [-0.39, 0.29) is 30.2 Å². The molecule has 0 aliphatic carbocycles. The standard InChI is InChI=1S/C29H27ClN2O5S/c1-4-36-25-14-21(8-12-24(25)37-17-27(33)31-23-11-5-18(2)13-19(23)3)15-26-28(34)32(29(35)38-26)16-20-6-9-22(30)10-7-20/h5-15H,4,16-17H2,1-3H3,(H,31,33)/b26-15-. The van der Waals surface area contributed by atoms with E-state index in [0.29, 0.717) is 33.6 Å². The Morgan fingerprint density at radius 1 is 1.00 bits per heavy atom. The summed E-state index contributed by atoms with van der Waals surface area (Å²) in [6.07, 6.45) is 1.64. The number of rotatable bonds is 9.